The standard InChI is InChI=1S/C6H9NO6.Zn/c8-4(9)1-7(2-5(10)11)3-6(12)13;/h1-3H2,(H,8,9)(H,10,11)(H,12,13);/q;+2/p-2. The van der Waals surface area contributed by atoms with E-state index in [1.807, 2.05) is 0 Å². The maximum absolute atomic E-state index is 10.1. The van der Waals surface area contributed by atoms with Crippen LogP contribution >= 0.6 is 0 Å². The van der Waals surface area contributed by atoms with Gasteiger partial charge in [0.1, 0.15) is 0 Å². The molecular formula is C6H7NO6Zn. The Hall–Kier alpha value is -1.01. The quantitative estimate of drug-likeness (QED) is 0.478. The molecule has 74 valence electrons. The minimum atomic E-state index is -1.54. The van der Waals surface area contributed by atoms with E-state index >= 15 is 0 Å². The molecule has 0 aliphatic rings. The van der Waals surface area contributed by atoms with E-state index in [0.717, 1.165) is 0 Å². The van der Waals surface area contributed by atoms with Gasteiger partial charge in [-0.05, 0) is 0 Å². The number of carboxylic acid groups (broad SMARTS) is 3. The third-order valence-electron chi connectivity index (χ3n) is 1.06. The third-order valence-corrected chi connectivity index (χ3v) is 1.06. The Morgan fingerprint density at radius 1 is 1.00 bits per heavy atom. The maximum atomic E-state index is 10.1. The van der Waals surface area contributed by atoms with Crippen LogP contribution in [0.1, 0.15) is 0 Å². The fourth-order valence-corrected chi connectivity index (χ4v) is 0.724. The molecule has 0 aromatic heterocycles. The summed E-state index contributed by atoms with van der Waals surface area (Å²) in [6, 6.07) is 0. The van der Waals surface area contributed by atoms with E-state index in [4.69, 9.17) is 5.11 Å². The van der Waals surface area contributed by atoms with Crippen molar-refractivity contribution in [2.45, 2.75) is 0 Å². The van der Waals surface area contributed by atoms with Crippen LogP contribution in [-0.4, -0.2) is 47.5 Å². The number of hydrogen-bond acceptors (Lipinski definition) is 6. The molecule has 0 rings (SSSR count). The fraction of sp³-hybridized carbons (Fsp3) is 0.500. The average Bonchev–Trinajstić information content (AvgIpc) is 1.80. The van der Waals surface area contributed by atoms with E-state index in [2.05, 4.69) is 0 Å². The van der Waals surface area contributed by atoms with Gasteiger partial charge in [-0.15, -0.1) is 0 Å². The maximum Gasteiger partial charge on any atom is 2.00 e. The van der Waals surface area contributed by atoms with Crippen LogP contribution in [0.2, 0.25) is 0 Å². The molecule has 0 saturated carbocycles. The van der Waals surface area contributed by atoms with Crippen LogP contribution in [0.5, 0.6) is 0 Å². The van der Waals surface area contributed by atoms with Gasteiger partial charge >= 0.3 is 25.4 Å². The largest absolute Gasteiger partial charge is 2.00 e. The molecule has 0 saturated heterocycles. The summed E-state index contributed by atoms with van der Waals surface area (Å²) in [7, 11) is 0. The normalized spacial score (nSPS) is 9.21. The van der Waals surface area contributed by atoms with Crippen LogP contribution in [-0.2, 0) is 33.9 Å². The molecule has 14 heavy (non-hydrogen) atoms. The Kier molecular flexibility index (Phi) is 8.18. The zero-order chi connectivity index (χ0) is 10.4. The molecule has 0 aliphatic carbocycles. The van der Waals surface area contributed by atoms with Crippen molar-refractivity contribution in [3.8, 4) is 0 Å². The number of carbonyl (C=O) groups is 3. The van der Waals surface area contributed by atoms with Crippen molar-refractivity contribution >= 4 is 17.9 Å². The third kappa shape index (κ3) is 9.08. The Bertz CT molecular complexity index is 192. The van der Waals surface area contributed by atoms with Crippen molar-refractivity contribution in [2.75, 3.05) is 19.6 Å². The Balaban J connectivity index is 0. The van der Waals surface area contributed by atoms with Crippen molar-refractivity contribution in [2.24, 2.45) is 0 Å². The first-order valence-electron chi connectivity index (χ1n) is 3.25. The number of aliphatic carboxylic acids is 3. The predicted molar refractivity (Wildman–Crippen MR) is 34.1 cm³/mol. The summed E-state index contributed by atoms with van der Waals surface area (Å²) in [6.45, 7) is -2.18. The fourth-order valence-electron chi connectivity index (χ4n) is 0.724. The minimum absolute atomic E-state index is 0. The predicted octanol–water partition coefficient (Wildman–Crippen LogP) is -4.13. The first kappa shape index (κ1) is 15.5. The summed E-state index contributed by atoms with van der Waals surface area (Å²) in [5.41, 5.74) is 0. The second kappa shape index (κ2) is 7.40. The van der Waals surface area contributed by atoms with Crippen LogP contribution in [0.4, 0.5) is 0 Å². The number of hydrogen-bond donors (Lipinski definition) is 1. The molecule has 0 heterocycles. The Morgan fingerprint density at radius 2 is 1.36 bits per heavy atom. The van der Waals surface area contributed by atoms with Crippen LogP contribution in [0.15, 0.2) is 0 Å². The van der Waals surface area contributed by atoms with E-state index in [0.29, 0.717) is 4.90 Å². The van der Waals surface area contributed by atoms with Gasteiger partial charge in [-0.3, -0.25) is 9.69 Å². The molecule has 0 amide bonds. The van der Waals surface area contributed by atoms with Gasteiger partial charge < -0.3 is 24.9 Å². The summed E-state index contributed by atoms with van der Waals surface area (Å²) in [6.07, 6.45) is 0. The Labute approximate surface area is 92.1 Å². The van der Waals surface area contributed by atoms with E-state index in [1.165, 1.54) is 0 Å². The summed E-state index contributed by atoms with van der Waals surface area (Å²) in [5, 5.41) is 28.3. The molecule has 0 atom stereocenters. The number of carbonyl (C=O) groups excluding carboxylic acids is 2. The monoisotopic (exact) mass is 253 g/mol. The molecule has 0 unspecified atom stereocenters. The van der Waals surface area contributed by atoms with Crippen LogP contribution in [0, 0.1) is 0 Å². The second-order valence-corrected chi connectivity index (χ2v) is 2.28. The molecule has 0 bridgehead atoms. The molecule has 0 radical (unpaired) electrons. The van der Waals surface area contributed by atoms with Gasteiger partial charge in [0.2, 0.25) is 0 Å². The minimum Gasteiger partial charge on any atom is -0.549 e. The molecule has 0 spiro atoms. The van der Waals surface area contributed by atoms with Gasteiger partial charge in [0, 0.05) is 13.1 Å². The molecular weight excluding hydrogens is 247 g/mol. The summed E-state index contributed by atoms with van der Waals surface area (Å²) in [5.74, 6) is -4.40. The van der Waals surface area contributed by atoms with Gasteiger partial charge in [0.15, 0.2) is 0 Å². The summed E-state index contributed by atoms with van der Waals surface area (Å²) in [4.78, 5) is 30.8. The molecule has 0 aliphatic heterocycles. The van der Waals surface area contributed by atoms with Crippen molar-refractivity contribution in [1.29, 1.82) is 0 Å². The molecule has 0 fully saturated rings. The molecule has 7 nitrogen and oxygen atoms in total. The van der Waals surface area contributed by atoms with Crippen LogP contribution in [0.3, 0.4) is 0 Å². The van der Waals surface area contributed by atoms with E-state index in [1.54, 1.807) is 0 Å². The van der Waals surface area contributed by atoms with E-state index in [9.17, 15) is 24.6 Å². The van der Waals surface area contributed by atoms with Crippen LogP contribution in [0.25, 0.3) is 0 Å². The average molecular weight is 255 g/mol. The van der Waals surface area contributed by atoms with Gasteiger partial charge in [-0.25, -0.2) is 0 Å². The van der Waals surface area contributed by atoms with Crippen molar-refractivity contribution < 1.29 is 49.2 Å². The molecule has 1 N–H and O–H groups in total. The topological polar surface area (TPSA) is 121 Å². The number of rotatable bonds is 6. The van der Waals surface area contributed by atoms with Gasteiger partial charge in [-0.1, -0.05) is 0 Å². The number of carboxylic acids is 3. The van der Waals surface area contributed by atoms with Crippen molar-refractivity contribution in [3.63, 3.8) is 0 Å². The first-order valence-corrected chi connectivity index (χ1v) is 3.25. The van der Waals surface area contributed by atoms with Gasteiger partial charge in [-0.2, -0.15) is 0 Å². The zero-order valence-corrected chi connectivity index (χ0v) is 10.2. The Morgan fingerprint density at radius 3 is 1.57 bits per heavy atom. The van der Waals surface area contributed by atoms with Crippen molar-refractivity contribution in [1.82, 2.24) is 4.90 Å². The van der Waals surface area contributed by atoms with E-state index in [-0.39, 0.29) is 19.5 Å². The van der Waals surface area contributed by atoms with Crippen LogP contribution < -0.4 is 10.2 Å². The smallest absolute Gasteiger partial charge is 0.549 e. The summed E-state index contributed by atoms with van der Waals surface area (Å²) >= 11 is 0. The molecule has 8 heteroatoms. The second-order valence-electron chi connectivity index (χ2n) is 2.28. The van der Waals surface area contributed by atoms with Crippen molar-refractivity contribution in [3.05, 3.63) is 0 Å². The zero-order valence-electron chi connectivity index (χ0n) is 7.26. The molecule has 0 aromatic carbocycles. The summed E-state index contributed by atoms with van der Waals surface area (Å²) < 4.78 is 0. The first-order chi connectivity index (χ1) is 5.91. The van der Waals surface area contributed by atoms with Gasteiger partial charge in [0.25, 0.3) is 0 Å². The van der Waals surface area contributed by atoms with Gasteiger partial charge in [0.05, 0.1) is 18.5 Å². The molecule has 0 aromatic rings. The van der Waals surface area contributed by atoms with E-state index < -0.39 is 37.5 Å². The SMILES string of the molecule is O=C([O-])CN(CC(=O)[O-])CC(=O)O.[Zn+2]. The number of nitrogens with zero attached hydrogens (tertiary/aromatic N) is 1.